The number of carbonyl (C=O) groups excluding carboxylic acids is 1. The first kappa shape index (κ1) is 22.6. The second-order valence-corrected chi connectivity index (χ2v) is 9.37. The van der Waals surface area contributed by atoms with Crippen LogP contribution >= 0.6 is 11.3 Å². The van der Waals surface area contributed by atoms with E-state index in [4.69, 9.17) is 4.98 Å². The maximum absolute atomic E-state index is 13.5. The smallest absolute Gasteiger partial charge is 0.268 e. The van der Waals surface area contributed by atoms with Crippen molar-refractivity contribution in [1.82, 2.24) is 15.0 Å². The molecule has 5 rings (SSSR count). The lowest BCUT2D eigenvalue weighted by atomic mass is 9.97. The van der Waals surface area contributed by atoms with Gasteiger partial charge in [0.05, 0.1) is 22.2 Å². The van der Waals surface area contributed by atoms with E-state index < -0.39 is 10.8 Å². The van der Waals surface area contributed by atoms with Crippen LogP contribution in [0.1, 0.15) is 45.0 Å². The van der Waals surface area contributed by atoms with Crippen LogP contribution in [0.3, 0.4) is 0 Å². The van der Waals surface area contributed by atoms with Crippen LogP contribution in [-0.2, 0) is 12.8 Å². The third kappa shape index (κ3) is 4.35. The molecular formula is C25H21N5O4S. The van der Waals surface area contributed by atoms with Crippen LogP contribution in [0.2, 0.25) is 0 Å². The van der Waals surface area contributed by atoms with E-state index >= 15 is 0 Å². The number of aryl methyl sites for hydroxylation is 3. The first-order chi connectivity index (χ1) is 16.9. The number of nitrogens with zero attached hydrogens (tertiary/aromatic N) is 4. The van der Waals surface area contributed by atoms with E-state index in [9.17, 15) is 19.7 Å². The number of nitrogens with one attached hydrogen (secondary N) is 1. The highest BCUT2D eigenvalue weighted by Gasteiger charge is 2.22. The molecule has 2 heterocycles. The van der Waals surface area contributed by atoms with Crippen molar-refractivity contribution in [3.8, 4) is 5.69 Å². The molecule has 176 valence electrons. The highest BCUT2D eigenvalue weighted by molar-refractivity contribution is 7.18. The lowest BCUT2D eigenvalue weighted by Crippen LogP contribution is -2.23. The van der Waals surface area contributed by atoms with E-state index in [1.54, 1.807) is 47.1 Å². The van der Waals surface area contributed by atoms with Crippen molar-refractivity contribution < 1.29 is 9.72 Å². The molecule has 35 heavy (non-hydrogen) atoms. The molecule has 0 atom stereocenters. The van der Waals surface area contributed by atoms with Gasteiger partial charge in [0.15, 0.2) is 0 Å². The Morgan fingerprint density at radius 3 is 2.74 bits per heavy atom. The molecule has 10 heteroatoms. The van der Waals surface area contributed by atoms with E-state index in [-0.39, 0.29) is 11.2 Å². The van der Waals surface area contributed by atoms with Gasteiger partial charge in [-0.3, -0.25) is 24.3 Å². The van der Waals surface area contributed by atoms with Crippen molar-refractivity contribution >= 4 is 39.4 Å². The van der Waals surface area contributed by atoms with Crippen molar-refractivity contribution in [2.24, 2.45) is 5.10 Å². The molecule has 0 bridgehead atoms. The number of amides is 1. The number of hydrogen-bond acceptors (Lipinski definition) is 7. The number of carbonyl (C=O) groups is 1. The fourth-order valence-corrected chi connectivity index (χ4v) is 5.61. The topological polar surface area (TPSA) is 119 Å². The number of fused-ring (bicyclic) bond motifs is 3. The molecule has 0 saturated carbocycles. The van der Waals surface area contributed by atoms with Crippen LogP contribution in [0.15, 0.2) is 58.4 Å². The molecule has 1 aliphatic carbocycles. The van der Waals surface area contributed by atoms with Gasteiger partial charge in [0.25, 0.3) is 17.2 Å². The van der Waals surface area contributed by atoms with Crippen molar-refractivity contribution in [1.29, 1.82) is 0 Å². The zero-order chi connectivity index (χ0) is 24.5. The van der Waals surface area contributed by atoms with Gasteiger partial charge in [-0.2, -0.15) is 5.10 Å². The number of nitro groups is 1. The zero-order valence-electron chi connectivity index (χ0n) is 18.9. The minimum atomic E-state index is -0.483. The van der Waals surface area contributed by atoms with Gasteiger partial charge >= 0.3 is 0 Å². The van der Waals surface area contributed by atoms with Crippen LogP contribution in [0.4, 0.5) is 5.69 Å². The molecule has 0 spiro atoms. The summed E-state index contributed by atoms with van der Waals surface area (Å²) in [5.74, 6) is 0.118. The monoisotopic (exact) mass is 487 g/mol. The van der Waals surface area contributed by atoms with Gasteiger partial charge < -0.3 is 0 Å². The number of thiophene rings is 1. The van der Waals surface area contributed by atoms with Gasteiger partial charge in [0.2, 0.25) is 0 Å². The fraction of sp³-hybridized carbons (Fsp3) is 0.200. The minimum absolute atomic E-state index is 0.0239. The number of hydrogen-bond donors (Lipinski definition) is 1. The molecule has 0 unspecified atom stereocenters. The molecule has 2 aromatic heterocycles. The molecule has 4 aromatic rings. The Hall–Kier alpha value is -4.18. The van der Waals surface area contributed by atoms with Crippen molar-refractivity contribution in [3.05, 3.63) is 96.4 Å². The zero-order valence-corrected chi connectivity index (χ0v) is 19.7. The van der Waals surface area contributed by atoms with E-state index in [0.29, 0.717) is 28.0 Å². The number of aromatic nitrogens is 2. The normalized spacial score (nSPS) is 13.2. The average Bonchev–Trinajstić information content (AvgIpc) is 3.23. The number of rotatable bonds is 5. The third-order valence-electron chi connectivity index (χ3n) is 6.01. The van der Waals surface area contributed by atoms with Gasteiger partial charge in [-0.25, -0.2) is 10.4 Å². The van der Waals surface area contributed by atoms with Crippen LogP contribution in [0.5, 0.6) is 0 Å². The van der Waals surface area contributed by atoms with Crippen LogP contribution in [0, 0.1) is 17.0 Å². The van der Waals surface area contributed by atoms with E-state index in [1.165, 1.54) is 35.4 Å². The van der Waals surface area contributed by atoms with Gasteiger partial charge in [-0.15, -0.1) is 11.3 Å². The Bertz CT molecular complexity index is 1550. The molecule has 9 nitrogen and oxygen atoms in total. The van der Waals surface area contributed by atoms with Gasteiger partial charge in [-0.05, 0) is 74.1 Å². The number of non-ortho nitro benzene ring substituents is 1. The molecule has 0 aliphatic heterocycles. The summed E-state index contributed by atoms with van der Waals surface area (Å²) in [4.78, 5) is 43.2. The average molecular weight is 488 g/mol. The summed E-state index contributed by atoms with van der Waals surface area (Å²) in [6.45, 7) is 1.79. The quantitative estimate of drug-likeness (QED) is 0.256. The second-order valence-electron chi connectivity index (χ2n) is 8.29. The Labute approximate surface area is 203 Å². The number of benzene rings is 2. The predicted molar refractivity (Wildman–Crippen MR) is 135 cm³/mol. The Morgan fingerprint density at radius 1 is 1.20 bits per heavy atom. The summed E-state index contributed by atoms with van der Waals surface area (Å²) in [5, 5.41) is 15.4. The second kappa shape index (κ2) is 9.22. The predicted octanol–water partition coefficient (Wildman–Crippen LogP) is 4.31. The van der Waals surface area contributed by atoms with Crippen molar-refractivity contribution in [2.45, 2.75) is 32.6 Å². The summed E-state index contributed by atoms with van der Waals surface area (Å²) >= 11 is 1.61. The lowest BCUT2D eigenvalue weighted by molar-refractivity contribution is -0.384. The van der Waals surface area contributed by atoms with Crippen LogP contribution in [0.25, 0.3) is 15.9 Å². The molecule has 1 amide bonds. The summed E-state index contributed by atoms with van der Waals surface area (Å²) in [7, 11) is 0. The standard InChI is InChI=1S/C25H21N5O4S/c1-15-27-24-22(20-7-2-3-8-21(20)35-24)25(32)29(15)19-6-4-5-17(13-19)23(31)28-26-14-16-9-11-18(12-10-16)30(33)34/h4-6,9-14H,2-3,7-8H2,1H3,(H,28,31)/b26-14+. The van der Waals surface area contributed by atoms with Crippen molar-refractivity contribution in [2.75, 3.05) is 0 Å². The van der Waals surface area contributed by atoms with Crippen LogP contribution < -0.4 is 11.0 Å². The highest BCUT2D eigenvalue weighted by Crippen LogP contribution is 2.34. The van der Waals surface area contributed by atoms with Crippen molar-refractivity contribution in [3.63, 3.8) is 0 Å². The van der Waals surface area contributed by atoms with E-state index in [0.717, 1.165) is 36.1 Å². The maximum Gasteiger partial charge on any atom is 0.271 e. The first-order valence-electron chi connectivity index (χ1n) is 11.1. The number of hydrazone groups is 1. The Balaban J connectivity index is 1.41. The Kier molecular flexibility index (Phi) is 5.96. The molecular weight excluding hydrogens is 466 g/mol. The van der Waals surface area contributed by atoms with Crippen LogP contribution in [-0.4, -0.2) is 26.6 Å². The van der Waals surface area contributed by atoms with Gasteiger partial charge in [-0.1, -0.05) is 6.07 Å². The molecule has 1 N–H and O–H groups in total. The Morgan fingerprint density at radius 2 is 1.97 bits per heavy atom. The van der Waals surface area contributed by atoms with E-state index in [1.807, 2.05) is 0 Å². The molecule has 0 saturated heterocycles. The summed E-state index contributed by atoms with van der Waals surface area (Å²) in [6, 6.07) is 12.6. The maximum atomic E-state index is 13.5. The number of nitro benzene ring substituents is 1. The lowest BCUT2D eigenvalue weighted by Gasteiger charge is -2.12. The first-order valence-corrected chi connectivity index (χ1v) is 12.0. The van der Waals surface area contributed by atoms with Gasteiger partial charge in [0.1, 0.15) is 10.7 Å². The third-order valence-corrected chi connectivity index (χ3v) is 7.19. The summed E-state index contributed by atoms with van der Waals surface area (Å²) in [5.41, 5.74) is 4.94. The molecule has 2 aromatic carbocycles. The largest absolute Gasteiger partial charge is 0.271 e. The molecule has 0 radical (unpaired) electrons. The SMILES string of the molecule is Cc1nc2sc3c(c2c(=O)n1-c1cccc(C(=O)N/N=C/c2ccc([N+](=O)[O-])cc2)c1)CCCC3. The van der Waals surface area contributed by atoms with E-state index in [2.05, 4.69) is 10.5 Å². The minimum Gasteiger partial charge on any atom is -0.268 e. The molecule has 0 fully saturated rings. The van der Waals surface area contributed by atoms with Gasteiger partial charge in [0, 0.05) is 22.6 Å². The summed E-state index contributed by atoms with van der Waals surface area (Å²) in [6.07, 6.45) is 5.49. The highest BCUT2D eigenvalue weighted by atomic mass is 32.1. The molecule has 1 aliphatic rings. The fourth-order valence-electron chi connectivity index (χ4n) is 4.31. The summed E-state index contributed by atoms with van der Waals surface area (Å²) < 4.78 is 1.56.